The van der Waals surface area contributed by atoms with E-state index in [4.69, 9.17) is 28.0 Å². The molecule has 0 radical (unpaired) electrons. The number of halogens is 3. The van der Waals surface area contributed by atoms with Crippen molar-refractivity contribution in [1.82, 2.24) is 14.8 Å². The molecule has 0 aliphatic carbocycles. The van der Waals surface area contributed by atoms with Gasteiger partial charge < -0.3 is 4.84 Å². The molecule has 1 N–H and O–H groups in total. The second-order valence-electron chi connectivity index (χ2n) is 6.34. The molecule has 0 fully saturated rings. The van der Waals surface area contributed by atoms with E-state index >= 15 is 0 Å². The number of rotatable bonds is 5. The molecule has 1 aliphatic heterocycles. The molecule has 29 heavy (non-hydrogen) atoms. The summed E-state index contributed by atoms with van der Waals surface area (Å²) in [6, 6.07) is 12.9. The molecule has 2 aromatic carbocycles. The normalized spacial score (nSPS) is 15.7. The van der Waals surface area contributed by atoms with Crippen molar-refractivity contribution in [3.63, 3.8) is 0 Å². The Morgan fingerprint density at radius 3 is 2.93 bits per heavy atom. The van der Waals surface area contributed by atoms with Gasteiger partial charge in [0.05, 0.1) is 12.3 Å². The lowest BCUT2D eigenvalue weighted by Gasteiger charge is -2.07. The maximum atomic E-state index is 12.5. The lowest BCUT2D eigenvalue weighted by Crippen LogP contribution is -2.28. The molecule has 0 bridgehead atoms. The van der Waals surface area contributed by atoms with Crippen LogP contribution < -0.4 is 5.32 Å². The SMILES string of the molecule is O=C(Nc1ncn(Cc2ccc(Cl)cc2Cl)n1)C1CC(c2cccc(Br)c2)=NO1. The Bertz CT molecular complexity index is 1100. The molecule has 1 atom stereocenters. The number of aromatic nitrogens is 3. The number of benzene rings is 2. The first-order valence-corrected chi connectivity index (χ1v) is 10.2. The summed E-state index contributed by atoms with van der Waals surface area (Å²) in [6.45, 7) is 0.398. The van der Waals surface area contributed by atoms with E-state index in [1.165, 1.54) is 6.33 Å². The fourth-order valence-corrected chi connectivity index (χ4v) is 3.67. The molecule has 3 aromatic rings. The number of nitrogens with one attached hydrogen (secondary N) is 1. The molecule has 10 heteroatoms. The van der Waals surface area contributed by atoms with E-state index < -0.39 is 6.10 Å². The van der Waals surface area contributed by atoms with Gasteiger partial charge in [-0.25, -0.2) is 9.67 Å². The summed E-state index contributed by atoms with van der Waals surface area (Å²) in [4.78, 5) is 21.9. The lowest BCUT2D eigenvalue weighted by atomic mass is 10.0. The van der Waals surface area contributed by atoms with Gasteiger partial charge in [0.2, 0.25) is 12.1 Å². The van der Waals surface area contributed by atoms with Crippen molar-refractivity contribution in [2.45, 2.75) is 19.1 Å². The Morgan fingerprint density at radius 1 is 1.28 bits per heavy atom. The molecule has 1 aromatic heterocycles. The second kappa shape index (κ2) is 8.52. The first kappa shape index (κ1) is 19.9. The molecule has 7 nitrogen and oxygen atoms in total. The Hall–Kier alpha value is -2.42. The highest BCUT2D eigenvalue weighted by molar-refractivity contribution is 9.10. The van der Waals surface area contributed by atoms with Crippen LogP contribution in [0.3, 0.4) is 0 Å². The molecular weight excluding hydrogens is 481 g/mol. The maximum Gasteiger partial charge on any atom is 0.271 e. The van der Waals surface area contributed by atoms with E-state index in [-0.39, 0.29) is 11.9 Å². The first-order chi connectivity index (χ1) is 14.0. The van der Waals surface area contributed by atoms with Crippen molar-refractivity contribution < 1.29 is 9.63 Å². The average Bonchev–Trinajstić information content (AvgIpc) is 3.34. The quantitative estimate of drug-likeness (QED) is 0.565. The summed E-state index contributed by atoms with van der Waals surface area (Å²) < 4.78 is 2.50. The summed E-state index contributed by atoms with van der Waals surface area (Å²) in [5.74, 6) is -0.180. The standard InChI is InChI=1S/C19H14BrCl2N5O2/c20-13-3-1-2-11(6-13)16-8-17(29-26-16)18(28)24-19-23-10-27(25-19)9-12-4-5-14(21)7-15(12)22/h1-7,10,17H,8-9H2,(H,24,25,28). The number of carbonyl (C=O) groups excluding carboxylic acids is 1. The minimum Gasteiger partial charge on any atom is -0.382 e. The van der Waals surface area contributed by atoms with E-state index in [2.05, 4.69) is 36.5 Å². The van der Waals surface area contributed by atoms with E-state index in [0.29, 0.717) is 28.7 Å². The fourth-order valence-electron chi connectivity index (χ4n) is 2.80. The molecule has 148 valence electrons. The van der Waals surface area contributed by atoms with Crippen LogP contribution in [0.15, 0.2) is 58.4 Å². The molecular formula is C19H14BrCl2N5O2. The van der Waals surface area contributed by atoms with Crippen LogP contribution in [0.4, 0.5) is 5.95 Å². The van der Waals surface area contributed by atoms with Gasteiger partial charge in [-0.2, -0.15) is 0 Å². The first-order valence-electron chi connectivity index (χ1n) is 8.61. The smallest absolute Gasteiger partial charge is 0.271 e. The van der Waals surface area contributed by atoms with Crippen LogP contribution in [0.25, 0.3) is 0 Å². The van der Waals surface area contributed by atoms with Crippen molar-refractivity contribution in [3.8, 4) is 0 Å². The highest BCUT2D eigenvalue weighted by Crippen LogP contribution is 2.22. The van der Waals surface area contributed by atoms with E-state index in [1.54, 1.807) is 16.8 Å². The average molecular weight is 495 g/mol. The summed E-state index contributed by atoms with van der Waals surface area (Å²) in [6.07, 6.45) is 1.14. The highest BCUT2D eigenvalue weighted by atomic mass is 79.9. The summed E-state index contributed by atoms with van der Waals surface area (Å²) in [5, 5.41) is 12.0. The Morgan fingerprint density at radius 2 is 2.14 bits per heavy atom. The second-order valence-corrected chi connectivity index (χ2v) is 8.10. The van der Waals surface area contributed by atoms with Gasteiger partial charge in [-0.1, -0.05) is 62.5 Å². The van der Waals surface area contributed by atoms with Gasteiger partial charge in [-0.05, 0) is 29.8 Å². The number of amides is 1. The summed E-state index contributed by atoms with van der Waals surface area (Å²) in [5.41, 5.74) is 2.45. The largest absolute Gasteiger partial charge is 0.382 e. The molecule has 1 aliphatic rings. The zero-order chi connectivity index (χ0) is 20.4. The van der Waals surface area contributed by atoms with Gasteiger partial charge in [0.25, 0.3) is 5.91 Å². The van der Waals surface area contributed by atoms with Crippen LogP contribution in [-0.4, -0.2) is 32.5 Å². The molecule has 0 saturated heterocycles. The molecule has 0 saturated carbocycles. The third kappa shape index (κ3) is 4.77. The van der Waals surface area contributed by atoms with Gasteiger partial charge >= 0.3 is 0 Å². The number of hydrogen-bond acceptors (Lipinski definition) is 5. The van der Waals surface area contributed by atoms with Crippen LogP contribution >= 0.6 is 39.1 Å². The Kier molecular flexibility index (Phi) is 5.84. The number of anilines is 1. The monoisotopic (exact) mass is 493 g/mol. The number of oxime groups is 1. The lowest BCUT2D eigenvalue weighted by molar-refractivity contribution is -0.125. The van der Waals surface area contributed by atoms with Gasteiger partial charge in [0, 0.05) is 26.5 Å². The van der Waals surface area contributed by atoms with Gasteiger partial charge in [-0.15, -0.1) is 5.10 Å². The Balaban J connectivity index is 1.36. The topological polar surface area (TPSA) is 81.4 Å². The third-order valence-electron chi connectivity index (χ3n) is 4.24. The van der Waals surface area contributed by atoms with Gasteiger partial charge in [0.15, 0.2) is 0 Å². The molecule has 0 spiro atoms. The van der Waals surface area contributed by atoms with Crippen molar-refractivity contribution in [1.29, 1.82) is 0 Å². The van der Waals surface area contributed by atoms with Crippen LogP contribution in [0, 0.1) is 0 Å². The molecule has 4 rings (SSSR count). The summed E-state index contributed by atoms with van der Waals surface area (Å²) in [7, 11) is 0. The van der Waals surface area contributed by atoms with Crippen molar-refractivity contribution in [3.05, 3.63) is 74.4 Å². The zero-order valence-electron chi connectivity index (χ0n) is 14.8. The van der Waals surface area contributed by atoms with Crippen molar-refractivity contribution in [2.24, 2.45) is 5.16 Å². The number of hydrogen-bond donors (Lipinski definition) is 1. The van der Waals surface area contributed by atoms with Crippen molar-refractivity contribution in [2.75, 3.05) is 5.32 Å². The van der Waals surface area contributed by atoms with E-state index in [9.17, 15) is 4.79 Å². The van der Waals surface area contributed by atoms with Crippen LogP contribution in [-0.2, 0) is 16.2 Å². The van der Waals surface area contributed by atoms with Crippen molar-refractivity contribution >= 4 is 56.7 Å². The minimum absolute atomic E-state index is 0.180. The molecule has 1 unspecified atom stereocenters. The maximum absolute atomic E-state index is 12.5. The fraction of sp³-hybridized carbons (Fsp3) is 0.158. The van der Waals surface area contributed by atoms with Crippen LogP contribution in [0.2, 0.25) is 10.0 Å². The third-order valence-corrected chi connectivity index (χ3v) is 5.32. The Labute approximate surface area is 184 Å². The van der Waals surface area contributed by atoms with E-state index in [0.717, 1.165) is 15.6 Å². The number of carbonyl (C=O) groups is 1. The summed E-state index contributed by atoms with van der Waals surface area (Å²) >= 11 is 15.5. The predicted octanol–water partition coefficient (Wildman–Crippen LogP) is 4.53. The van der Waals surface area contributed by atoms with Gasteiger partial charge in [0.1, 0.15) is 6.33 Å². The van der Waals surface area contributed by atoms with E-state index in [1.807, 2.05) is 30.3 Å². The highest BCUT2D eigenvalue weighted by Gasteiger charge is 2.29. The van der Waals surface area contributed by atoms with Crippen LogP contribution in [0.5, 0.6) is 0 Å². The number of nitrogens with zero attached hydrogens (tertiary/aromatic N) is 4. The minimum atomic E-state index is -0.735. The zero-order valence-corrected chi connectivity index (χ0v) is 17.9. The van der Waals surface area contributed by atoms with Gasteiger partial charge in [-0.3, -0.25) is 10.1 Å². The molecule has 1 amide bonds. The van der Waals surface area contributed by atoms with Crippen LogP contribution in [0.1, 0.15) is 17.5 Å². The molecule has 2 heterocycles. The predicted molar refractivity (Wildman–Crippen MR) is 114 cm³/mol.